The van der Waals surface area contributed by atoms with Crippen molar-refractivity contribution in [1.82, 2.24) is 4.98 Å². The molecule has 9 heteroatoms. The SMILES string of the molecule is COC(=O)c1ccc2c(N)nccc2c1.O=C(O)C(F)(F)F. The van der Waals surface area contributed by atoms with Crippen molar-refractivity contribution in [2.75, 3.05) is 12.8 Å². The van der Waals surface area contributed by atoms with Crippen LogP contribution in [0.15, 0.2) is 30.5 Å². The zero-order valence-electron chi connectivity index (χ0n) is 11.2. The Balaban J connectivity index is 0.000000295. The van der Waals surface area contributed by atoms with Crippen LogP contribution in [0.1, 0.15) is 10.4 Å². The molecule has 0 radical (unpaired) electrons. The van der Waals surface area contributed by atoms with E-state index in [0.717, 1.165) is 10.8 Å². The van der Waals surface area contributed by atoms with Gasteiger partial charge in [0, 0.05) is 11.6 Å². The maximum absolute atomic E-state index is 11.3. The van der Waals surface area contributed by atoms with Crippen molar-refractivity contribution in [3.05, 3.63) is 36.0 Å². The molecule has 0 fully saturated rings. The summed E-state index contributed by atoms with van der Waals surface area (Å²) in [6, 6.07) is 6.98. The molecule has 0 unspecified atom stereocenters. The normalized spacial score (nSPS) is 10.5. The second kappa shape index (κ2) is 6.74. The van der Waals surface area contributed by atoms with Gasteiger partial charge >= 0.3 is 18.1 Å². The van der Waals surface area contributed by atoms with Gasteiger partial charge in [-0.2, -0.15) is 13.2 Å². The maximum Gasteiger partial charge on any atom is 0.490 e. The van der Waals surface area contributed by atoms with E-state index in [1.54, 1.807) is 30.5 Å². The molecule has 0 aliphatic rings. The van der Waals surface area contributed by atoms with Crippen molar-refractivity contribution in [1.29, 1.82) is 0 Å². The van der Waals surface area contributed by atoms with Crippen molar-refractivity contribution >= 4 is 28.5 Å². The Morgan fingerprint density at radius 2 is 1.86 bits per heavy atom. The Labute approximate surface area is 122 Å². The van der Waals surface area contributed by atoms with E-state index in [0.29, 0.717) is 11.4 Å². The number of nitrogen functional groups attached to an aromatic ring is 1. The first-order valence-corrected chi connectivity index (χ1v) is 5.69. The number of alkyl halides is 3. The molecule has 1 heterocycles. The van der Waals surface area contributed by atoms with Gasteiger partial charge in [0.15, 0.2) is 0 Å². The van der Waals surface area contributed by atoms with Gasteiger partial charge in [-0.1, -0.05) is 0 Å². The van der Waals surface area contributed by atoms with Crippen LogP contribution in [0, 0.1) is 0 Å². The number of carbonyl (C=O) groups excluding carboxylic acids is 1. The number of aliphatic carboxylic acids is 1. The fourth-order valence-corrected chi connectivity index (χ4v) is 1.45. The number of hydrogen-bond acceptors (Lipinski definition) is 5. The smallest absolute Gasteiger partial charge is 0.475 e. The van der Waals surface area contributed by atoms with E-state index in [1.807, 2.05) is 0 Å². The van der Waals surface area contributed by atoms with Crippen molar-refractivity contribution < 1.29 is 32.6 Å². The monoisotopic (exact) mass is 316 g/mol. The van der Waals surface area contributed by atoms with Crippen molar-refractivity contribution in [2.24, 2.45) is 0 Å². The molecular weight excluding hydrogens is 305 g/mol. The van der Waals surface area contributed by atoms with Gasteiger partial charge in [0.05, 0.1) is 12.7 Å². The lowest BCUT2D eigenvalue weighted by atomic mass is 10.1. The van der Waals surface area contributed by atoms with Crippen LogP contribution in [0.2, 0.25) is 0 Å². The number of halogens is 3. The molecule has 0 saturated heterocycles. The second-order valence-corrected chi connectivity index (χ2v) is 3.93. The minimum absolute atomic E-state index is 0.354. The molecule has 118 valence electrons. The highest BCUT2D eigenvalue weighted by atomic mass is 19.4. The Morgan fingerprint density at radius 1 is 1.27 bits per heavy atom. The first-order chi connectivity index (χ1) is 10.2. The molecular formula is C13H11F3N2O4. The summed E-state index contributed by atoms with van der Waals surface area (Å²) in [5.41, 5.74) is 6.20. The van der Waals surface area contributed by atoms with Crippen LogP contribution < -0.4 is 5.73 Å². The highest BCUT2D eigenvalue weighted by molar-refractivity contribution is 5.98. The Morgan fingerprint density at radius 3 is 2.36 bits per heavy atom. The zero-order valence-corrected chi connectivity index (χ0v) is 11.2. The minimum Gasteiger partial charge on any atom is -0.475 e. The van der Waals surface area contributed by atoms with E-state index < -0.39 is 12.1 Å². The number of benzene rings is 1. The van der Waals surface area contributed by atoms with E-state index in [2.05, 4.69) is 9.72 Å². The number of nitrogens with zero attached hydrogens (tertiary/aromatic N) is 1. The summed E-state index contributed by atoms with van der Waals surface area (Å²) in [5.74, 6) is -2.65. The van der Waals surface area contributed by atoms with E-state index in [1.165, 1.54) is 7.11 Å². The number of anilines is 1. The third-order valence-corrected chi connectivity index (χ3v) is 2.46. The molecule has 1 aromatic carbocycles. The third-order valence-electron chi connectivity index (χ3n) is 2.46. The number of ether oxygens (including phenoxy) is 1. The number of fused-ring (bicyclic) bond motifs is 1. The van der Waals surface area contributed by atoms with Crippen molar-refractivity contribution in [3.63, 3.8) is 0 Å². The molecule has 2 aromatic rings. The summed E-state index contributed by atoms with van der Waals surface area (Å²) in [5, 5.41) is 8.84. The van der Waals surface area contributed by atoms with Gasteiger partial charge in [0.2, 0.25) is 0 Å². The molecule has 0 aliphatic carbocycles. The van der Waals surface area contributed by atoms with Crippen LogP contribution in [0.3, 0.4) is 0 Å². The Hall–Kier alpha value is -2.84. The number of carbonyl (C=O) groups is 2. The first kappa shape index (κ1) is 17.2. The molecule has 0 aliphatic heterocycles. The summed E-state index contributed by atoms with van der Waals surface area (Å²) in [7, 11) is 1.35. The molecule has 3 N–H and O–H groups in total. The predicted molar refractivity (Wildman–Crippen MR) is 71.2 cm³/mol. The Kier molecular flexibility index (Phi) is 5.28. The lowest BCUT2D eigenvalue weighted by Crippen LogP contribution is -2.21. The predicted octanol–water partition coefficient (Wildman–Crippen LogP) is 2.24. The number of pyridine rings is 1. The number of methoxy groups -OCH3 is 1. The van der Waals surface area contributed by atoms with Gasteiger partial charge in [-0.25, -0.2) is 14.6 Å². The van der Waals surface area contributed by atoms with Crippen LogP contribution in [0.25, 0.3) is 10.8 Å². The van der Waals surface area contributed by atoms with Gasteiger partial charge in [-0.05, 0) is 29.7 Å². The van der Waals surface area contributed by atoms with Crippen LogP contribution in [0.4, 0.5) is 19.0 Å². The number of nitrogens with two attached hydrogens (primary N) is 1. The third kappa shape index (κ3) is 4.33. The number of rotatable bonds is 1. The molecule has 2 rings (SSSR count). The molecule has 0 saturated carbocycles. The average Bonchev–Trinajstić information content (AvgIpc) is 2.46. The number of hydrogen-bond donors (Lipinski definition) is 2. The second-order valence-electron chi connectivity index (χ2n) is 3.93. The molecule has 1 aromatic heterocycles. The van der Waals surface area contributed by atoms with E-state index in [-0.39, 0.29) is 5.97 Å². The molecule has 0 spiro atoms. The minimum atomic E-state index is -5.08. The highest BCUT2D eigenvalue weighted by Gasteiger charge is 2.38. The molecule has 0 amide bonds. The van der Waals surface area contributed by atoms with Crippen LogP contribution >= 0.6 is 0 Å². The van der Waals surface area contributed by atoms with E-state index >= 15 is 0 Å². The summed E-state index contributed by atoms with van der Waals surface area (Å²) in [4.78, 5) is 24.1. The molecule has 6 nitrogen and oxygen atoms in total. The van der Waals surface area contributed by atoms with Crippen molar-refractivity contribution in [3.8, 4) is 0 Å². The molecule has 0 atom stereocenters. The molecule has 0 bridgehead atoms. The van der Waals surface area contributed by atoms with Gasteiger partial charge in [0.25, 0.3) is 0 Å². The lowest BCUT2D eigenvalue weighted by molar-refractivity contribution is -0.192. The van der Waals surface area contributed by atoms with Gasteiger partial charge in [0.1, 0.15) is 5.82 Å². The van der Waals surface area contributed by atoms with Gasteiger partial charge in [-0.15, -0.1) is 0 Å². The van der Waals surface area contributed by atoms with Crippen LogP contribution in [-0.2, 0) is 9.53 Å². The first-order valence-electron chi connectivity index (χ1n) is 5.69. The van der Waals surface area contributed by atoms with Crippen LogP contribution in [0.5, 0.6) is 0 Å². The van der Waals surface area contributed by atoms with Gasteiger partial charge in [-0.3, -0.25) is 0 Å². The Bertz CT molecular complexity index is 701. The standard InChI is InChI=1S/C11H10N2O2.C2HF3O2/c1-15-11(14)8-2-3-9-7(6-8)4-5-13-10(9)12;3-2(4,5)1(6)7/h2-6H,1H3,(H2,12,13);(H,6,7). The number of carboxylic acid groups (broad SMARTS) is 1. The quantitative estimate of drug-likeness (QED) is 0.782. The maximum atomic E-state index is 11.3. The fraction of sp³-hybridized carbons (Fsp3) is 0.154. The lowest BCUT2D eigenvalue weighted by Gasteiger charge is -2.03. The number of esters is 1. The highest BCUT2D eigenvalue weighted by Crippen LogP contribution is 2.20. The van der Waals surface area contributed by atoms with Crippen LogP contribution in [-0.4, -0.2) is 35.3 Å². The number of aromatic nitrogens is 1. The van der Waals surface area contributed by atoms with E-state index in [9.17, 15) is 18.0 Å². The zero-order chi connectivity index (χ0) is 16.9. The van der Waals surface area contributed by atoms with Gasteiger partial charge < -0.3 is 15.6 Å². The summed E-state index contributed by atoms with van der Waals surface area (Å²) >= 11 is 0. The summed E-state index contributed by atoms with van der Waals surface area (Å²) in [6.45, 7) is 0. The summed E-state index contributed by atoms with van der Waals surface area (Å²) < 4.78 is 36.4. The average molecular weight is 316 g/mol. The summed E-state index contributed by atoms with van der Waals surface area (Å²) in [6.07, 6.45) is -3.47. The topological polar surface area (TPSA) is 103 Å². The van der Waals surface area contributed by atoms with Crippen molar-refractivity contribution in [2.45, 2.75) is 6.18 Å². The largest absolute Gasteiger partial charge is 0.490 e. The fourth-order valence-electron chi connectivity index (χ4n) is 1.45. The molecule has 22 heavy (non-hydrogen) atoms. The number of carboxylic acids is 1. The van der Waals surface area contributed by atoms with E-state index in [4.69, 9.17) is 15.6 Å².